The third-order valence-electron chi connectivity index (χ3n) is 3.54. The first-order valence-electron chi connectivity index (χ1n) is 7.32. The number of aryl methyl sites for hydroxylation is 2. The molecule has 6 nitrogen and oxygen atoms in total. The SMILES string of the molecule is COc1ccc(CNC(=O)/C=C/c2c(C)nn(C)c2Cl)c(OC)c1. The van der Waals surface area contributed by atoms with Crippen LogP contribution in [0, 0.1) is 6.92 Å². The predicted octanol–water partition coefficient (Wildman–Crippen LogP) is 2.73. The van der Waals surface area contributed by atoms with Gasteiger partial charge in [-0.25, -0.2) is 0 Å². The van der Waals surface area contributed by atoms with Gasteiger partial charge in [-0.3, -0.25) is 9.48 Å². The first-order valence-corrected chi connectivity index (χ1v) is 7.70. The van der Waals surface area contributed by atoms with Crippen LogP contribution in [0.2, 0.25) is 5.15 Å². The van der Waals surface area contributed by atoms with Crippen LogP contribution >= 0.6 is 11.6 Å². The third-order valence-corrected chi connectivity index (χ3v) is 3.99. The Hall–Kier alpha value is -2.47. The molecule has 1 aromatic carbocycles. The highest BCUT2D eigenvalue weighted by Crippen LogP contribution is 2.24. The van der Waals surface area contributed by atoms with Crippen molar-refractivity contribution in [1.29, 1.82) is 0 Å². The number of hydrogen-bond acceptors (Lipinski definition) is 4. The average molecular weight is 350 g/mol. The number of benzene rings is 1. The molecule has 0 aliphatic heterocycles. The smallest absolute Gasteiger partial charge is 0.244 e. The quantitative estimate of drug-likeness (QED) is 0.814. The minimum Gasteiger partial charge on any atom is -0.497 e. The van der Waals surface area contributed by atoms with Crippen molar-refractivity contribution in [2.45, 2.75) is 13.5 Å². The molecule has 0 unspecified atom stereocenters. The van der Waals surface area contributed by atoms with Crippen LogP contribution in [-0.4, -0.2) is 29.9 Å². The van der Waals surface area contributed by atoms with Crippen molar-refractivity contribution in [1.82, 2.24) is 15.1 Å². The zero-order valence-corrected chi connectivity index (χ0v) is 14.8. The van der Waals surface area contributed by atoms with Gasteiger partial charge < -0.3 is 14.8 Å². The predicted molar refractivity (Wildman–Crippen MR) is 93.4 cm³/mol. The molecule has 0 saturated heterocycles. The maximum absolute atomic E-state index is 12.0. The Morgan fingerprint density at radius 1 is 1.38 bits per heavy atom. The number of nitrogens with one attached hydrogen (secondary N) is 1. The van der Waals surface area contributed by atoms with Gasteiger partial charge in [0.05, 0.1) is 19.9 Å². The molecule has 2 aromatic rings. The normalized spacial score (nSPS) is 10.9. The van der Waals surface area contributed by atoms with E-state index in [0.29, 0.717) is 23.2 Å². The van der Waals surface area contributed by atoms with Crippen molar-refractivity contribution in [3.63, 3.8) is 0 Å². The first-order chi connectivity index (χ1) is 11.5. The van der Waals surface area contributed by atoms with Crippen LogP contribution in [0.25, 0.3) is 6.08 Å². The van der Waals surface area contributed by atoms with E-state index in [1.54, 1.807) is 38.1 Å². The van der Waals surface area contributed by atoms with Gasteiger partial charge in [0.15, 0.2) is 0 Å². The Morgan fingerprint density at radius 3 is 2.71 bits per heavy atom. The summed E-state index contributed by atoms with van der Waals surface area (Å²) >= 11 is 6.13. The minimum absolute atomic E-state index is 0.229. The molecule has 1 aromatic heterocycles. The van der Waals surface area contributed by atoms with Gasteiger partial charge in [0.25, 0.3) is 0 Å². The van der Waals surface area contributed by atoms with Crippen LogP contribution in [0.15, 0.2) is 24.3 Å². The molecule has 0 radical (unpaired) electrons. The zero-order valence-electron chi connectivity index (χ0n) is 14.1. The van der Waals surface area contributed by atoms with E-state index in [-0.39, 0.29) is 5.91 Å². The molecule has 128 valence electrons. The van der Waals surface area contributed by atoms with E-state index in [4.69, 9.17) is 21.1 Å². The summed E-state index contributed by atoms with van der Waals surface area (Å²) in [4.78, 5) is 12.0. The highest BCUT2D eigenvalue weighted by molar-refractivity contribution is 6.31. The second-order valence-electron chi connectivity index (χ2n) is 5.14. The van der Waals surface area contributed by atoms with Gasteiger partial charge in [-0.05, 0) is 25.1 Å². The lowest BCUT2D eigenvalue weighted by Crippen LogP contribution is -2.20. The summed E-state index contributed by atoms with van der Waals surface area (Å²) in [7, 11) is 4.92. The summed E-state index contributed by atoms with van der Waals surface area (Å²) < 4.78 is 12.0. The molecule has 1 N–H and O–H groups in total. The summed E-state index contributed by atoms with van der Waals surface area (Å²) in [6.07, 6.45) is 3.09. The number of nitrogens with zero attached hydrogens (tertiary/aromatic N) is 2. The second kappa shape index (κ2) is 7.88. The molecule has 1 amide bonds. The topological polar surface area (TPSA) is 65.4 Å². The minimum atomic E-state index is -0.229. The molecule has 0 atom stereocenters. The van der Waals surface area contributed by atoms with Crippen LogP contribution in [0.4, 0.5) is 0 Å². The van der Waals surface area contributed by atoms with E-state index in [1.165, 1.54) is 6.08 Å². The van der Waals surface area contributed by atoms with Crippen LogP contribution < -0.4 is 14.8 Å². The molecule has 24 heavy (non-hydrogen) atoms. The number of aromatic nitrogens is 2. The number of halogens is 1. The Labute approximate surface area is 146 Å². The van der Waals surface area contributed by atoms with Crippen molar-refractivity contribution in [3.8, 4) is 11.5 Å². The molecule has 1 heterocycles. The molecular formula is C17H20ClN3O3. The highest BCUT2D eigenvalue weighted by atomic mass is 35.5. The third kappa shape index (κ3) is 4.08. The molecule has 7 heteroatoms. The number of carbonyl (C=O) groups excluding carboxylic acids is 1. The highest BCUT2D eigenvalue weighted by Gasteiger charge is 2.09. The van der Waals surface area contributed by atoms with Crippen molar-refractivity contribution >= 4 is 23.6 Å². The van der Waals surface area contributed by atoms with Gasteiger partial charge in [-0.15, -0.1) is 0 Å². The fourth-order valence-electron chi connectivity index (χ4n) is 2.23. The van der Waals surface area contributed by atoms with Crippen molar-refractivity contribution in [3.05, 3.63) is 46.2 Å². The van der Waals surface area contributed by atoms with Gasteiger partial charge in [-0.1, -0.05) is 11.6 Å². The maximum Gasteiger partial charge on any atom is 0.244 e. The van der Waals surface area contributed by atoms with E-state index < -0.39 is 0 Å². The standard InChI is InChI=1S/C17H20ClN3O3/c1-11-14(17(18)21(2)20-11)7-8-16(22)19-10-12-5-6-13(23-3)9-15(12)24-4/h5-9H,10H2,1-4H3,(H,19,22)/b8-7+. The summed E-state index contributed by atoms with van der Waals surface area (Å²) in [5.74, 6) is 1.13. The summed E-state index contributed by atoms with van der Waals surface area (Å²) in [6, 6.07) is 5.44. The number of rotatable bonds is 6. The monoisotopic (exact) mass is 349 g/mol. The average Bonchev–Trinajstić information content (AvgIpc) is 2.83. The van der Waals surface area contributed by atoms with Crippen LogP contribution in [0.1, 0.15) is 16.8 Å². The Kier molecular flexibility index (Phi) is 5.87. The fourth-order valence-corrected chi connectivity index (χ4v) is 2.47. The van der Waals surface area contributed by atoms with Gasteiger partial charge >= 0.3 is 0 Å². The number of hydrogen-bond donors (Lipinski definition) is 1. The molecule has 0 saturated carbocycles. The van der Waals surface area contributed by atoms with E-state index in [0.717, 1.165) is 16.8 Å². The number of methoxy groups -OCH3 is 2. The second-order valence-corrected chi connectivity index (χ2v) is 5.50. The van der Waals surface area contributed by atoms with E-state index in [2.05, 4.69) is 10.4 Å². The van der Waals surface area contributed by atoms with Crippen molar-refractivity contribution in [2.75, 3.05) is 14.2 Å². The Morgan fingerprint density at radius 2 is 2.12 bits per heavy atom. The summed E-state index contributed by atoms with van der Waals surface area (Å²) in [5, 5.41) is 7.50. The first kappa shape index (κ1) is 17.9. The van der Waals surface area contributed by atoms with Gasteiger partial charge in [0.1, 0.15) is 16.7 Å². The van der Waals surface area contributed by atoms with Gasteiger partial charge in [-0.2, -0.15) is 5.10 Å². The zero-order chi connectivity index (χ0) is 17.7. The fraction of sp³-hybridized carbons (Fsp3) is 0.294. The molecule has 0 fully saturated rings. The lowest BCUT2D eigenvalue weighted by Gasteiger charge is -2.10. The Bertz CT molecular complexity index is 769. The lowest BCUT2D eigenvalue weighted by molar-refractivity contribution is -0.116. The van der Waals surface area contributed by atoms with Crippen LogP contribution in [0.5, 0.6) is 11.5 Å². The van der Waals surface area contributed by atoms with E-state index in [1.807, 2.05) is 19.1 Å². The number of ether oxygens (including phenoxy) is 2. The largest absolute Gasteiger partial charge is 0.497 e. The molecule has 0 bridgehead atoms. The van der Waals surface area contributed by atoms with Crippen LogP contribution in [-0.2, 0) is 18.4 Å². The van der Waals surface area contributed by atoms with E-state index in [9.17, 15) is 4.79 Å². The van der Waals surface area contributed by atoms with Gasteiger partial charge in [0, 0.05) is 36.9 Å². The molecule has 0 spiro atoms. The maximum atomic E-state index is 12.0. The molecule has 0 aliphatic rings. The molecule has 0 aliphatic carbocycles. The van der Waals surface area contributed by atoms with E-state index >= 15 is 0 Å². The van der Waals surface area contributed by atoms with Crippen molar-refractivity contribution < 1.29 is 14.3 Å². The molecule has 2 rings (SSSR count). The van der Waals surface area contributed by atoms with Crippen molar-refractivity contribution in [2.24, 2.45) is 7.05 Å². The summed E-state index contributed by atoms with van der Waals surface area (Å²) in [6.45, 7) is 2.18. The number of carbonyl (C=O) groups is 1. The number of amides is 1. The molecular weight excluding hydrogens is 330 g/mol. The lowest BCUT2D eigenvalue weighted by atomic mass is 10.2. The Balaban J connectivity index is 2.02. The van der Waals surface area contributed by atoms with Crippen LogP contribution in [0.3, 0.4) is 0 Å². The van der Waals surface area contributed by atoms with Gasteiger partial charge in [0.2, 0.25) is 5.91 Å². The summed E-state index contributed by atoms with van der Waals surface area (Å²) in [5.41, 5.74) is 2.36.